The van der Waals surface area contributed by atoms with Gasteiger partial charge >= 0.3 is 0 Å². The Labute approximate surface area is 196 Å². The molecule has 0 bridgehead atoms. The Hall–Kier alpha value is -3.26. The molecule has 2 aromatic carbocycles. The molecule has 1 N–H and O–H groups in total. The van der Waals surface area contributed by atoms with Gasteiger partial charge in [-0.1, -0.05) is 25.8 Å². The van der Waals surface area contributed by atoms with E-state index in [2.05, 4.69) is 17.2 Å². The van der Waals surface area contributed by atoms with Crippen LogP contribution in [0.2, 0.25) is 0 Å². The van der Waals surface area contributed by atoms with Crippen molar-refractivity contribution in [3.05, 3.63) is 52.5 Å². The van der Waals surface area contributed by atoms with Crippen LogP contribution in [0.15, 0.2) is 35.7 Å². The number of nitrogens with one attached hydrogen (secondary N) is 1. The predicted molar refractivity (Wildman–Crippen MR) is 127 cm³/mol. The Morgan fingerprint density at radius 2 is 2.00 bits per heavy atom. The largest absolute Gasteiger partial charge is 0.491 e. The van der Waals surface area contributed by atoms with Crippen LogP contribution in [0.4, 0.5) is 16.5 Å². The fourth-order valence-electron chi connectivity index (χ4n) is 5.06. The third-order valence-electron chi connectivity index (χ3n) is 6.59. The summed E-state index contributed by atoms with van der Waals surface area (Å²) in [5.41, 5.74) is 3.61. The number of anilines is 3. The minimum atomic E-state index is -0.937. The van der Waals surface area contributed by atoms with Crippen LogP contribution in [0.3, 0.4) is 0 Å². The van der Waals surface area contributed by atoms with Crippen LogP contribution in [0.5, 0.6) is 17.2 Å². The molecule has 0 fully saturated rings. The second kappa shape index (κ2) is 7.66. The average Bonchev–Trinajstić information content (AvgIpc) is 3.57. The second-order valence-corrected chi connectivity index (χ2v) is 9.54. The van der Waals surface area contributed by atoms with Gasteiger partial charge < -0.3 is 24.4 Å². The number of thiazole rings is 1. The van der Waals surface area contributed by atoms with Crippen LogP contribution in [0.25, 0.3) is 0 Å². The number of hydrogen-bond acceptors (Lipinski definition) is 7. The van der Waals surface area contributed by atoms with Crippen LogP contribution in [-0.2, 0) is 10.2 Å². The number of aromatic nitrogens is 1. The molecule has 170 valence electrons. The lowest BCUT2D eigenvalue weighted by Crippen LogP contribution is -2.43. The number of hydrogen-bond donors (Lipinski definition) is 1. The van der Waals surface area contributed by atoms with Crippen molar-refractivity contribution in [3.8, 4) is 17.2 Å². The van der Waals surface area contributed by atoms with E-state index in [9.17, 15) is 4.79 Å². The average molecular weight is 464 g/mol. The molecule has 1 spiro atoms. The highest BCUT2D eigenvalue weighted by Crippen LogP contribution is 2.57. The minimum absolute atomic E-state index is 0.0517. The zero-order chi connectivity index (χ0) is 22.6. The molecule has 4 heterocycles. The first kappa shape index (κ1) is 20.4. The summed E-state index contributed by atoms with van der Waals surface area (Å²) >= 11 is 1.55. The maximum absolute atomic E-state index is 14.2. The third-order valence-corrected chi connectivity index (χ3v) is 7.47. The maximum atomic E-state index is 14.2. The molecule has 0 saturated heterocycles. The molecule has 0 saturated carbocycles. The van der Waals surface area contributed by atoms with Crippen molar-refractivity contribution in [2.75, 3.05) is 30.2 Å². The zero-order valence-electron chi connectivity index (χ0n) is 18.6. The van der Waals surface area contributed by atoms with E-state index < -0.39 is 5.41 Å². The standard InChI is InChI=1S/C25H25N3O4S/c1-3-4-5-9-28-18-8-6-7-17(27-24-26-15(2)12-33-24)22(18)25(23(28)29)13-30-19-11-21-20(10-16(19)25)31-14-32-21/h6-8,10-12H,3-5,9,13-14H2,1-2H3,(H,26,27). The Morgan fingerprint density at radius 1 is 1.15 bits per heavy atom. The van der Waals surface area contributed by atoms with Gasteiger partial charge in [0, 0.05) is 34.8 Å². The van der Waals surface area contributed by atoms with E-state index in [0.29, 0.717) is 23.8 Å². The van der Waals surface area contributed by atoms with E-state index in [4.69, 9.17) is 14.2 Å². The number of nitrogens with zero attached hydrogens (tertiary/aromatic N) is 2. The van der Waals surface area contributed by atoms with Crippen molar-refractivity contribution in [1.29, 1.82) is 0 Å². The first-order valence-electron chi connectivity index (χ1n) is 11.3. The first-order valence-corrected chi connectivity index (χ1v) is 12.2. The molecule has 7 nitrogen and oxygen atoms in total. The van der Waals surface area contributed by atoms with Crippen LogP contribution < -0.4 is 24.4 Å². The van der Waals surface area contributed by atoms with E-state index in [0.717, 1.165) is 52.6 Å². The van der Waals surface area contributed by atoms with Crippen molar-refractivity contribution >= 4 is 33.8 Å². The Morgan fingerprint density at radius 3 is 2.79 bits per heavy atom. The summed E-state index contributed by atoms with van der Waals surface area (Å²) in [5, 5.41) is 6.30. The fraction of sp³-hybridized carbons (Fsp3) is 0.360. The van der Waals surface area contributed by atoms with Gasteiger partial charge in [-0.25, -0.2) is 4.98 Å². The number of aryl methyl sites for hydroxylation is 1. The summed E-state index contributed by atoms with van der Waals surface area (Å²) in [6.07, 6.45) is 3.13. The predicted octanol–water partition coefficient (Wildman–Crippen LogP) is 5.14. The molecule has 1 atom stereocenters. The maximum Gasteiger partial charge on any atom is 0.245 e. The first-order chi connectivity index (χ1) is 16.1. The number of amides is 1. The van der Waals surface area contributed by atoms with Gasteiger partial charge in [0.05, 0.1) is 11.4 Å². The lowest BCUT2D eigenvalue weighted by atomic mass is 9.76. The van der Waals surface area contributed by atoms with Gasteiger partial charge in [0.2, 0.25) is 12.7 Å². The SMILES string of the molecule is CCCCCN1C(=O)C2(COc3cc4c(cc32)OCO4)c2c(Nc3nc(C)cs3)cccc21. The molecule has 3 aliphatic rings. The van der Waals surface area contributed by atoms with Crippen LogP contribution in [-0.4, -0.2) is 30.8 Å². The Kier molecular flexibility index (Phi) is 4.72. The van der Waals surface area contributed by atoms with Crippen LogP contribution >= 0.6 is 11.3 Å². The summed E-state index contributed by atoms with van der Waals surface area (Å²) in [5.74, 6) is 2.03. The van der Waals surface area contributed by atoms with Crippen molar-refractivity contribution in [3.63, 3.8) is 0 Å². The lowest BCUT2D eigenvalue weighted by Gasteiger charge is -2.24. The van der Waals surface area contributed by atoms with Gasteiger partial charge in [0.25, 0.3) is 0 Å². The molecule has 0 radical (unpaired) electrons. The van der Waals surface area contributed by atoms with E-state index in [1.165, 1.54) is 0 Å². The van der Waals surface area contributed by atoms with Crippen molar-refractivity contribution in [2.24, 2.45) is 0 Å². The van der Waals surface area contributed by atoms with Crippen molar-refractivity contribution in [2.45, 2.75) is 38.5 Å². The number of carbonyl (C=O) groups is 1. The fourth-order valence-corrected chi connectivity index (χ4v) is 5.76. The monoisotopic (exact) mass is 463 g/mol. The van der Waals surface area contributed by atoms with Gasteiger partial charge in [-0.3, -0.25) is 4.79 Å². The number of rotatable bonds is 6. The molecule has 8 heteroatoms. The summed E-state index contributed by atoms with van der Waals surface area (Å²) in [6.45, 7) is 5.25. The third kappa shape index (κ3) is 3.00. The highest BCUT2D eigenvalue weighted by Gasteiger charge is 2.58. The lowest BCUT2D eigenvalue weighted by molar-refractivity contribution is -0.122. The number of carbonyl (C=O) groups excluding carboxylic acids is 1. The quantitative estimate of drug-likeness (QED) is 0.511. The van der Waals surface area contributed by atoms with E-state index in [1.54, 1.807) is 11.3 Å². The van der Waals surface area contributed by atoms with Crippen LogP contribution in [0, 0.1) is 6.92 Å². The molecule has 3 aliphatic heterocycles. The van der Waals surface area contributed by atoms with Gasteiger partial charge in [0.1, 0.15) is 17.8 Å². The highest BCUT2D eigenvalue weighted by molar-refractivity contribution is 7.13. The molecular weight excluding hydrogens is 438 g/mol. The van der Waals surface area contributed by atoms with Crippen LogP contribution in [0.1, 0.15) is 43.0 Å². The number of unbranched alkanes of at least 4 members (excludes halogenated alkanes) is 2. The topological polar surface area (TPSA) is 72.9 Å². The number of ether oxygens (including phenoxy) is 3. The molecule has 1 aromatic heterocycles. The Balaban J connectivity index is 1.52. The van der Waals surface area contributed by atoms with E-state index in [-0.39, 0.29) is 19.3 Å². The normalized spacial score (nSPS) is 19.7. The molecule has 0 aliphatic carbocycles. The van der Waals surface area contributed by atoms with Crippen molar-refractivity contribution < 1.29 is 19.0 Å². The molecular formula is C25H25N3O4S. The molecule has 33 heavy (non-hydrogen) atoms. The summed E-state index contributed by atoms with van der Waals surface area (Å²) < 4.78 is 17.4. The molecule has 1 unspecified atom stereocenters. The van der Waals surface area contributed by atoms with Gasteiger partial charge in [-0.15, -0.1) is 11.3 Å². The van der Waals surface area contributed by atoms with Gasteiger partial charge in [0.15, 0.2) is 16.6 Å². The minimum Gasteiger partial charge on any atom is -0.491 e. The Bertz CT molecular complexity index is 1260. The summed E-state index contributed by atoms with van der Waals surface area (Å²) in [6, 6.07) is 9.82. The second-order valence-electron chi connectivity index (χ2n) is 8.68. The molecule has 3 aromatic rings. The van der Waals surface area contributed by atoms with Crippen molar-refractivity contribution in [1.82, 2.24) is 4.98 Å². The number of benzene rings is 2. The number of fused-ring (bicyclic) bond motifs is 5. The molecule has 1 amide bonds. The van der Waals surface area contributed by atoms with Gasteiger partial charge in [-0.2, -0.15) is 0 Å². The highest BCUT2D eigenvalue weighted by atomic mass is 32.1. The summed E-state index contributed by atoms with van der Waals surface area (Å²) in [7, 11) is 0. The van der Waals surface area contributed by atoms with Gasteiger partial charge in [-0.05, 0) is 31.5 Å². The smallest absolute Gasteiger partial charge is 0.245 e. The van der Waals surface area contributed by atoms with E-state index in [1.807, 2.05) is 47.5 Å². The van der Waals surface area contributed by atoms with E-state index >= 15 is 0 Å². The zero-order valence-corrected chi connectivity index (χ0v) is 19.5. The molecule has 6 rings (SSSR count). The summed E-state index contributed by atoms with van der Waals surface area (Å²) in [4.78, 5) is 20.7.